The van der Waals surface area contributed by atoms with Gasteiger partial charge in [-0.15, -0.1) is 0 Å². The van der Waals surface area contributed by atoms with E-state index in [1.54, 1.807) is 11.0 Å². The average molecular weight is 355 g/mol. The molecule has 140 valence electrons. The Morgan fingerprint density at radius 2 is 1.88 bits per heavy atom. The fourth-order valence-electron chi connectivity index (χ4n) is 3.60. The number of aromatic nitrogens is 3. The lowest BCUT2D eigenvalue weighted by Gasteiger charge is -2.31. The predicted molar refractivity (Wildman–Crippen MR) is 101 cm³/mol. The summed E-state index contributed by atoms with van der Waals surface area (Å²) in [4.78, 5) is 19.0. The van der Waals surface area contributed by atoms with Gasteiger partial charge in [0, 0.05) is 6.54 Å². The van der Waals surface area contributed by atoms with Gasteiger partial charge in [-0.3, -0.25) is 14.4 Å². The van der Waals surface area contributed by atoms with Gasteiger partial charge >= 0.3 is 0 Å². The van der Waals surface area contributed by atoms with Crippen molar-refractivity contribution >= 4 is 5.91 Å². The summed E-state index contributed by atoms with van der Waals surface area (Å²) < 4.78 is 1.70. The molecule has 26 heavy (non-hydrogen) atoms. The van der Waals surface area contributed by atoms with E-state index in [0.29, 0.717) is 13.1 Å². The monoisotopic (exact) mass is 355 g/mol. The number of rotatable bonds is 7. The Bertz CT molecular complexity index is 650. The second kappa shape index (κ2) is 9.48. The lowest BCUT2D eigenvalue weighted by molar-refractivity contribution is -0.125. The number of nitrogens with zero attached hydrogens (tertiary/aromatic N) is 4. The Morgan fingerprint density at radius 3 is 2.54 bits per heavy atom. The highest BCUT2D eigenvalue weighted by molar-refractivity contribution is 5.78. The van der Waals surface area contributed by atoms with E-state index >= 15 is 0 Å². The zero-order valence-corrected chi connectivity index (χ0v) is 15.6. The first-order valence-corrected chi connectivity index (χ1v) is 9.63. The first-order valence-electron chi connectivity index (χ1n) is 9.63. The van der Waals surface area contributed by atoms with E-state index in [-0.39, 0.29) is 17.9 Å². The Morgan fingerprint density at radius 1 is 1.15 bits per heavy atom. The molecular weight excluding hydrogens is 326 g/mol. The maximum absolute atomic E-state index is 12.6. The van der Waals surface area contributed by atoms with Crippen LogP contribution in [0.5, 0.6) is 0 Å². The molecule has 0 spiro atoms. The van der Waals surface area contributed by atoms with Crippen LogP contribution in [0.3, 0.4) is 0 Å². The van der Waals surface area contributed by atoms with Crippen molar-refractivity contribution in [1.82, 2.24) is 25.0 Å². The summed E-state index contributed by atoms with van der Waals surface area (Å²) in [5, 5.41) is 7.25. The lowest BCUT2D eigenvalue weighted by Crippen LogP contribution is -2.40. The van der Waals surface area contributed by atoms with E-state index in [0.717, 1.165) is 13.1 Å². The number of carbonyl (C=O) groups excluding carboxylic acids is 1. The summed E-state index contributed by atoms with van der Waals surface area (Å²) >= 11 is 0. The molecular formula is C20H29N5O. The molecule has 0 saturated carbocycles. The minimum Gasteiger partial charge on any atom is -0.354 e. The molecule has 1 aromatic heterocycles. The second-order valence-electron chi connectivity index (χ2n) is 7.14. The number of benzene rings is 1. The molecule has 2 unspecified atom stereocenters. The number of amides is 1. The number of hydrogen-bond donors (Lipinski definition) is 1. The third-order valence-electron chi connectivity index (χ3n) is 5.11. The van der Waals surface area contributed by atoms with Crippen molar-refractivity contribution < 1.29 is 4.79 Å². The van der Waals surface area contributed by atoms with Crippen LogP contribution < -0.4 is 5.32 Å². The van der Waals surface area contributed by atoms with Crippen LogP contribution in [-0.4, -0.2) is 45.2 Å². The van der Waals surface area contributed by atoms with E-state index in [2.05, 4.69) is 44.6 Å². The summed E-state index contributed by atoms with van der Waals surface area (Å²) in [5.74, 6) is -0.0755. The molecule has 0 radical (unpaired) electrons. The Labute approximate surface area is 155 Å². The largest absolute Gasteiger partial charge is 0.354 e. The number of nitrogens with one attached hydrogen (secondary N) is 1. The molecule has 2 atom stereocenters. The number of likely N-dealkylation sites (tertiary alicyclic amines) is 1. The minimum absolute atomic E-state index is 0.0660. The molecule has 1 aliphatic rings. The van der Waals surface area contributed by atoms with E-state index in [4.69, 9.17) is 0 Å². The van der Waals surface area contributed by atoms with Crippen molar-refractivity contribution in [2.24, 2.45) is 5.92 Å². The predicted octanol–water partition coefficient (Wildman–Crippen LogP) is 2.65. The highest BCUT2D eigenvalue weighted by Crippen LogP contribution is 2.23. The molecule has 0 aliphatic carbocycles. The SMILES string of the molecule is CC(Cn1cncn1)C(=O)NCC(c1ccccc1)N1CCCCCC1. The van der Waals surface area contributed by atoms with Crippen molar-refractivity contribution in [3.8, 4) is 0 Å². The Hall–Kier alpha value is -2.21. The van der Waals surface area contributed by atoms with Crippen LogP contribution in [0.1, 0.15) is 44.2 Å². The summed E-state index contributed by atoms with van der Waals surface area (Å²) in [7, 11) is 0. The molecule has 1 saturated heterocycles. The summed E-state index contributed by atoms with van der Waals surface area (Å²) in [6, 6.07) is 10.8. The molecule has 2 heterocycles. The van der Waals surface area contributed by atoms with Gasteiger partial charge in [0.2, 0.25) is 5.91 Å². The van der Waals surface area contributed by atoms with Crippen molar-refractivity contribution in [2.45, 2.75) is 45.2 Å². The van der Waals surface area contributed by atoms with E-state index < -0.39 is 0 Å². The quantitative estimate of drug-likeness (QED) is 0.829. The van der Waals surface area contributed by atoms with Crippen LogP contribution in [0.25, 0.3) is 0 Å². The molecule has 1 aromatic carbocycles. The number of hydrogen-bond acceptors (Lipinski definition) is 4. The molecule has 1 amide bonds. The van der Waals surface area contributed by atoms with Crippen LogP contribution in [0.2, 0.25) is 0 Å². The van der Waals surface area contributed by atoms with E-state index in [9.17, 15) is 4.79 Å². The normalized spacial score (nSPS) is 18.0. The molecule has 1 fully saturated rings. The lowest BCUT2D eigenvalue weighted by atomic mass is 10.0. The van der Waals surface area contributed by atoms with Crippen LogP contribution in [0.4, 0.5) is 0 Å². The summed E-state index contributed by atoms with van der Waals surface area (Å²) in [6.07, 6.45) is 8.22. The third-order valence-corrected chi connectivity index (χ3v) is 5.11. The van der Waals surface area contributed by atoms with Gasteiger partial charge in [0.05, 0.1) is 18.5 Å². The molecule has 6 heteroatoms. The van der Waals surface area contributed by atoms with Crippen LogP contribution in [0.15, 0.2) is 43.0 Å². The Kier molecular flexibility index (Phi) is 6.77. The van der Waals surface area contributed by atoms with Crippen LogP contribution in [0, 0.1) is 5.92 Å². The first-order chi connectivity index (χ1) is 12.7. The van der Waals surface area contributed by atoms with Gasteiger partial charge < -0.3 is 5.32 Å². The van der Waals surface area contributed by atoms with Crippen molar-refractivity contribution in [1.29, 1.82) is 0 Å². The molecule has 0 bridgehead atoms. The van der Waals surface area contributed by atoms with Gasteiger partial charge in [-0.1, -0.05) is 50.1 Å². The number of carbonyl (C=O) groups is 1. The van der Waals surface area contributed by atoms with Crippen molar-refractivity contribution in [3.05, 3.63) is 48.5 Å². The van der Waals surface area contributed by atoms with Gasteiger partial charge in [-0.2, -0.15) is 5.10 Å². The topological polar surface area (TPSA) is 63.1 Å². The Balaban J connectivity index is 1.62. The van der Waals surface area contributed by atoms with Crippen LogP contribution in [-0.2, 0) is 11.3 Å². The average Bonchev–Trinajstić information content (AvgIpc) is 3.03. The third kappa shape index (κ3) is 5.14. The molecule has 1 aliphatic heterocycles. The highest BCUT2D eigenvalue weighted by Gasteiger charge is 2.23. The zero-order chi connectivity index (χ0) is 18.2. The van der Waals surface area contributed by atoms with Gasteiger partial charge in [-0.05, 0) is 31.5 Å². The minimum atomic E-state index is -0.141. The second-order valence-corrected chi connectivity index (χ2v) is 7.14. The van der Waals surface area contributed by atoms with E-state index in [1.165, 1.54) is 37.6 Å². The fourth-order valence-corrected chi connectivity index (χ4v) is 3.60. The fraction of sp³-hybridized carbons (Fsp3) is 0.550. The maximum atomic E-state index is 12.6. The smallest absolute Gasteiger partial charge is 0.224 e. The summed E-state index contributed by atoms with van der Waals surface area (Å²) in [5.41, 5.74) is 1.28. The molecule has 3 rings (SSSR count). The maximum Gasteiger partial charge on any atom is 0.224 e. The van der Waals surface area contributed by atoms with Gasteiger partial charge in [0.25, 0.3) is 0 Å². The van der Waals surface area contributed by atoms with E-state index in [1.807, 2.05) is 13.0 Å². The standard InChI is InChI=1S/C20H29N5O/c1-17(14-25-16-21-15-23-25)20(26)22-13-19(18-9-5-4-6-10-18)24-11-7-2-3-8-12-24/h4-6,9-10,15-17,19H,2-3,7-8,11-14H2,1H3,(H,22,26). The van der Waals surface area contributed by atoms with Crippen LogP contribution >= 0.6 is 0 Å². The van der Waals surface area contributed by atoms with Gasteiger partial charge in [-0.25, -0.2) is 4.98 Å². The zero-order valence-electron chi connectivity index (χ0n) is 15.6. The van der Waals surface area contributed by atoms with Gasteiger partial charge in [0.1, 0.15) is 12.7 Å². The molecule has 1 N–H and O–H groups in total. The molecule has 6 nitrogen and oxygen atoms in total. The van der Waals surface area contributed by atoms with Crippen molar-refractivity contribution in [3.63, 3.8) is 0 Å². The first kappa shape index (κ1) is 18.6. The van der Waals surface area contributed by atoms with Crippen molar-refractivity contribution in [2.75, 3.05) is 19.6 Å². The summed E-state index contributed by atoms with van der Waals surface area (Å²) in [6.45, 7) is 5.32. The van der Waals surface area contributed by atoms with Gasteiger partial charge in [0.15, 0.2) is 0 Å². The molecule has 2 aromatic rings. The highest BCUT2D eigenvalue weighted by atomic mass is 16.1.